The largest absolute Gasteiger partial charge is 0.0725 e. The average molecular weight is 1310 g/mol. The smallest absolute Gasteiger partial charge is 0.0683 e. The summed E-state index contributed by atoms with van der Waals surface area (Å²) in [6, 6.07) is 107. The lowest BCUT2D eigenvalue weighted by Crippen LogP contribution is -2.25. The third kappa shape index (κ3) is 13.9. The molecule has 0 amide bonds. The van der Waals surface area contributed by atoms with Crippen molar-refractivity contribution in [2.24, 2.45) is 0 Å². The first-order valence-corrected chi connectivity index (χ1v) is 38.4. The van der Waals surface area contributed by atoms with Gasteiger partial charge in [0.2, 0.25) is 0 Å². The molecule has 0 fully saturated rings. The van der Waals surface area contributed by atoms with Gasteiger partial charge in [-0.25, -0.2) is 0 Å². The fourth-order valence-corrected chi connectivity index (χ4v) is 15.2. The Morgan fingerprint density at radius 2 is 0.162 bits per heavy atom. The van der Waals surface area contributed by atoms with E-state index in [-0.39, 0.29) is 16.2 Å². The van der Waals surface area contributed by atoms with Crippen molar-refractivity contribution in [3.8, 4) is 66.8 Å². The van der Waals surface area contributed by atoms with Crippen LogP contribution in [0.3, 0.4) is 0 Å². The van der Waals surface area contributed by atoms with Crippen LogP contribution in [0.1, 0.15) is 233 Å². The molecule has 12 aromatic carbocycles. The zero-order valence-corrected chi connectivity index (χ0v) is 65.2. The standard InChI is InChI=1S/3C25H16.12C2H6/c3*1-5-13-21-17(9-1)18-10-2-6-14-22(18)25(21)23-15-7-3-11-19(23)20-12-4-8-16-24(20)25;12*1-2/h3*1-16H;12*1-2H3. The van der Waals surface area contributed by atoms with Gasteiger partial charge in [-0.3, -0.25) is 0 Å². The van der Waals surface area contributed by atoms with E-state index < -0.39 is 0 Å². The second-order valence-electron chi connectivity index (χ2n) is 20.8. The molecule has 0 bridgehead atoms. The molecule has 0 heteroatoms. The van der Waals surface area contributed by atoms with Crippen LogP contribution < -0.4 is 0 Å². The van der Waals surface area contributed by atoms with E-state index in [4.69, 9.17) is 0 Å². The molecule has 0 aliphatic heterocycles. The quantitative estimate of drug-likeness (QED) is 0.142. The fourth-order valence-electron chi connectivity index (χ4n) is 15.2. The molecule has 3 spiro atoms. The maximum absolute atomic E-state index is 2.31. The Morgan fingerprint density at radius 1 is 0.101 bits per heavy atom. The number of hydrogen-bond donors (Lipinski definition) is 0. The molecule has 18 rings (SSSR count). The fraction of sp³-hybridized carbons (Fsp3) is 0.273. The summed E-state index contributed by atoms with van der Waals surface area (Å²) in [7, 11) is 0. The summed E-state index contributed by atoms with van der Waals surface area (Å²) in [5.74, 6) is 0. The molecule has 0 saturated heterocycles. The molecule has 12 aromatic rings. The molecule has 0 saturated carbocycles. The van der Waals surface area contributed by atoms with Gasteiger partial charge in [0.1, 0.15) is 0 Å². The van der Waals surface area contributed by atoms with Crippen molar-refractivity contribution >= 4 is 0 Å². The van der Waals surface area contributed by atoms with Crippen molar-refractivity contribution in [3.63, 3.8) is 0 Å². The van der Waals surface area contributed by atoms with Crippen molar-refractivity contribution < 1.29 is 0 Å². The van der Waals surface area contributed by atoms with Crippen molar-refractivity contribution in [3.05, 3.63) is 358 Å². The molecule has 0 heterocycles. The first-order chi connectivity index (χ1) is 49.3. The third-order valence-corrected chi connectivity index (χ3v) is 17.7. The average Bonchev–Trinajstić information content (AvgIpc) is 1.54. The Balaban J connectivity index is 0.000000273. The minimum atomic E-state index is -0.180. The third-order valence-electron chi connectivity index (χ3n) is 17.7. The SMILES string of the molecule is CC.CC.CC.CC.CC.CC.CC.CC.CC.CC.CC.CC.c1ccc2c(c1)-c1ccccc1C21c2ccccc2-c2ccccc21.c1ccc2c(c1)-c1ccccc1C21c2ccccc2-c2ccccc21.c1ccc2c(c1)-c1ccccc1C21c2ccccc2-c2ccccc21. The van der Waals surface area contributed by atoms with E-state index in [0.717, 1.165) is 0 Å². The van der Waals surface area contributed by atoms with Crippen molar-refractivity contribution in [1.29, 1.82) is 0 Å². The van der Waals surface area contributed by atoms with Crippen LogP contribution in [0.4, 0.5) is 0 Å². The van der Waals surface area contributed by atoms with Gasteiger partial charge in [-0.2, -0.15) is 0 Å². The Morgan fingerprint density at radius 3 is 0.232 bits per heavy atom. The van der Waals surface area contributed by atoms with Crippen LogP contribution in [-0.2, 0) is 16.2 Å². The zero-order chi connectivity index (χ0) is 73.3. The van der Waals surface area contributed by atoms with Crippen LogP contribution in [0.5, 0.6) is 0 Å². The zero-order valence-electron chi connectivity index (χ0n) is 65.2. The first kappa shape index (κ1) is 82.1. The summed E-state index contributed by atoms with van der Waals surface area (Å²) in [6.45, 7) is 48.0. The summed E-state index contributed by atoms with van der Waals surface area (Å²) in [4.78, 5) is 0. The molecule has 99 heavy (non-hydrogen) atoms. The van der Waals surface area contributed by atoms with E-state index in [9.17, 15) is 0 Å². The molecular weight excluding hydrogens is 1190 g/mol. The number of hydrogen-bond acceptors (Lipinski definition) is 0. The molecule has 516 valence electrons. The highest BCUT2D eigenvalue weighted by Crippen LogP contribution is 2.65. The van der Waals surface area contributed by atoms with Gasteiger partial charge in [0.15, 0.2) is 0 Å². The van der Waals surface area contributed by atoms with Crippen LogP contribution in [0.15, 0.2) is 291 Å². The Kier molecular flexibility index (Phi) is 34.1. The van der Waals surface area contributed by atoms with Crippen molar-refractivity contribution in [1.82, 2.24) is 0 Å². The minimum absolute atomic E-state index is 0.180. The van der Waals surface area contributed by atoms with Crippen LogP contribution in [0.25, 0.3) is 66.8 Å². The highest BCUT2D eigenvalue weighted by atomic mass is 14.5. The monoisotopic (exact) mass is 1310 g/mol. The van der Waals surface area contributed by atoms with Gasteiger partial charge in [-0.15, -0.1) is 0 Å². The first-order valence-electron chi connectivity index (χ1n) is 38.4. The summed E-state index contributed by atoms with van der Waals surface area (Å²) in [5, 5.41) is 0. The van der Waals surface area contributed by atoms with Gasteiger partial charge < -0.3 is 0 Å². The van der Waals surface area contributed by atoms with E-state index in [0.29, 0.717) is 0 Å². The number of rotatable bonds is 0. The van der Waals surface area contributed by atoms with Gasteiger partial charge in [-0.05, 0) is 134 Å². The topological polar surface area (TPSA) is 0 Å². The minimum Gasteiger partial charge on any atom is -0.0683 e. The molecule has 0 N–H and O–H groups in total. The lowest BCUT2D eigenvalue weighted by molar-refractivity contribution is 0.794. The second kappa shape index (κ2) is 41.1. The maximum Gasteiger partial charge on any atom is 0.0725 e. The second-order valence-corrected chi connectivity index (χ2v) is 20.8. The molecule has 0 aromatic heterocycles. The maximum atomic E-state index is 2.31. The van der Waals surface area contributed by atoms with Crippen molar-refractivity contribution in [2.45, 2.75) is 182 Å². The van der Waals surface area contributed by atoms with Crippen molar-refractivity contribution in [2.75, 3.05) is 0 Å². The highest BCUT2D eigenvalue weighted by Gasteiger charge is 2.54. The van der Waals surface area contributed by atoms with Crippen LogP contribution in [-0.4, -0.2) is 0 Å². The molecule has 0 unspecified atom stereocenters. The van der Waals surface area contributed by atoms with E-state index in [1.807, 2.05) is 166 Å². The highest BCUT2D eigenvalue weighted by molar-refractivity contribution is 5.98. The van der Waals surface area contributed by atoms with Gasteiger partial charge in [0.05, 0.1) is 16.2 Å². The summed E-state index contributed by atoms with van der Waals surface area (Å²) in [5.41, 5.74) is 32.8. The predicted molar refractivity (Wildman–Crippen MR) is 444 cm³/mol. The van der Waals surface area contributed by atoms with E-state index >= 15 is 0 Å². The van der Waals surface area contributed by atoms with E-state index in [1.165, 1.54) is 134 Å². The van der Waals surface area contributed by atoms with Crippen LogP contribution in [0, 0.1) is 0 Å². The molecule has 0 radical (unpaired) electrons. The lowest BCUT2D eigenvalue weighted by Gasteiger charge is -2.30. The lowest BCUT2D eigenvalue weighted by atomic mass is 9.70. The van der Waals surface area contributed by atoms with Gasteiger partial charge >= 0.3 is 0 Å². The molecule has 6 aliphatic rings. The summed E-state index contributed by atoms with van der Waals surface area (Å²) >= 11 is 0. The normalized spacial score (nSPS) is 11.9. The molecule has 0 atom stereocenters. The molecule has 0 nitrogen and oxygen atoms in total. The Labute approximate surface area is 603 Å². The van der Waals surface area contributed by atoms with Gasteiger partial charge in [0, 0.05) is 0 Å². The Bertz CT molecular complexity index is 3330. The van der Waals surface area contributed by atoms with E-state index in [2.05, 4.69) is 291 Å². The molecule has 6 aliphatic carbocycles. The molecular formula is C99H120. The van der Waals surface area contributed by atoms with Gasteiger partial charge in [0.25, 0.3) is 0 Å². The Hall–Kier alpha value is -9.36. The number of benzene rings is 12. The predicted octanol–water partition coefficient (Wildman–Crippen LogP) is 30.4. The summed E-state index contributed by atoms with van der Waals surface area (Å²) in [6.07, 6.45) is 0. The van der Waals surface area contributed by atoms with Crippen LogP contribution in [0.2, 0.25) is 0 Å². The summed E-state index contributed by atoms with van der Waals surface area (Å²) < 4.78 is 0. The number of fused-ring (bicyclic) bond motifs is 30. The van der Waals surface area contributed by atoms with Gasteiger partial charge in [-0.1, -0.05) is 457 Å². The van der Waals surface area contributed by atoms with E-state index in [1.54, 1.807) is 0 Å². The van der Waals surface area contributed by atoms with Crippen LogP contribution >= 0.6 is 0 Å².